The lowest BCUT2D eigenvalue weighted by molar-refractivity contribution is 0.0967. The highest BCUT2D eigenvalue weighted by atomic mass is 32.2. The van der Waals surface area contributed by atoms with Crippen molar-refractivity contribution < 1.29 is 23.1 Å². The van der Waals surface area contributed by atoms with Gasteiger partial charge in [0.2, 0.25) is 0 Å². The van der Waals surface area contributed by atoms with Gasteiger partial charge >= 0.3 is 6.09 Å². The molecule has 1 heterocycles. The molecule has 1 aliphatic heterocycles. The molecule has 1 N–H and O–H groups in total. The summed E-state index contributed by atoms with van der Waals surface area (Å²) in [6, 6.07) is 6.82. The van der Waals surface area contributed by atoms with E-state index in [0.29, 0.717) is 42.3 Å². The van der Waals surface area contributed by atoms with Crippen LogP contribution < -0.4 is 0 Å². The van der Waals surface area contributed by atoms with Gasteiger partial charge in [-0.05, 0) is 54.7 Å². The van der Waals surface area contributed by atoms with E-state index in [2.05, 4.69) is 0 Å². The smallest absolute Gasteiger partial charge is 0.407 e. The van der Waals surface area contributed by atoms with E-state index in [1.54, 1.807) is 24.3 Å². The lowest BCUT2D eigenvalue weighted by atomic mass is 9.91. The van der Waals surface area contributed by atoms with Gasteiger partial charge in [-0.15, -0.1) is 0 Å². The molecule has 2 aliphatic rings. The summed E-state index contributed by atoms with van der Waals surface area (Å²) in [7, 11) is -3.15. The van der Waals surface area contributed by atoms with E-state index in [1.807, 2.05) is 0 Å². The van der Waals surface area contributed by atoms with E-state index in [0.717, 1.165) is 25.0 Å². The lowest BCUT2D eigenvalue weighted by Gasteiger charge is -2.30. The fraction of sp³-hybridized carbons (Fsp3) is 0.611. The highest BCUT2D eigenvalue weighted by Crippen LogP contribution is 2.48. The number of likely N-dealkylation sites (tertiary alicyclic amines) is 1. The summed E-state index contributed by atoms with van der Waals surface area (Å²) in [5.41, 5.74) is 0.972. The van der Waals surface area contributed by atoms with Crippen LogP contribution in [0.2, 0.25) is 0 Å². The van der Waals surface area contributed by atoms with Crippen molar-refractivity contribution in [3.05, 3.63) is 29.8 Å². The number of nitrogens with zero attached hydrogens (tertiary/aromatic N) is 1. The van der Waals surface area contributed by atoms with Gasteiger partial charge in [0, 0.05) is 19.3 Å². The van der Waals surface area contributed by atoms with Crippen LogP contribution in [0.4, 0.5) is 4.79 Å². The van der Waals surface area contributed by atoms with Crippen LogP contribution in [0, 0.1) is 17.8 Å². The third-order valence-electron chi connectivity index (χ3n) is 5.35. The quantitative estimate of drug-likeness (QED) is 0.836. The van der Waals surface area contributed by atoms with E-state index in [4.69, 9.17) is 9.84 Å². The van der Waals surface area contributed by atoms with Crippen LogP contribution in [0.5, 0.6) is 0 Å². The van der Waals surface area contributed by atoms with E-state index >= 15 is 0 Å². The average Bonchev–Trinajstić information content (AvgIpc) is 3.34. The van der Waals surface area contributed by atoms with Crippen LogP contribution in [-0.2, 0) is 21.2 Å². The number of amides is 1. The zero-order valence-electron chi connectivity index (χ0n) is 14.4. The number of hydrogen-bond donors (Lipinski definition) is 1. The summed E-state index contributed by atoms with van der Waals surface area (Å²) in [6.07, 6.45) is 3.48. The Labute approximate surface area is 148 Å². The van der Waals surface area contributed by atoms with Crippen molar-refractivity contribution >= 4 is 15.9 Å². The van der Waals surface area contributed by atoms with E-state index in [9.17, 15) is 13.2 Å². The van der Waals surface area contributed by atoms with Crippen LogP contribution in [0.25, 0.3) is 0 Å². The SMILES string of the molecule is CS(=O)(=O)c1ccc(COC[C@@H]2C[C@@H]2C2CCN(C(=O)O)CC2)cc1. The summed E-state index contributed by atoms with van der Waals surface area (Å²) < 4.78 is 28.7. The third kappa shape index (κ3) is 4.73. The molecule has 0 aromatic heterocycles. The standard InChI is InChI=1S/C18H25NO5S/c1-25(22,23)16-4-2-13(3-5-16)11-24-12-15-10-17(15)14-6-8-19(9-7-14)18(20)21/h2-5,14-15,17H,6-12H2,1H3,(H,20,21)/t15-,17+/m0/s1. The molecule has 0 spiro atoms. The van der Waals surface area contributed by atoms with Gasteiger partial charge < -0.3 is 14.7 Å². The predicted molar refractivity (Wildman–Crippen MR) is 93.1 cm³/mol. The number of hydrogen-bond acceptors (Lipinski definition) is 4. The second kappa shape index (κ2) is 7.33. The maximum Gasteiger partial charge on any atom is 0.407 e. The van der Waals surface area contributed by atoms with Gasteiger partial charge in [-0.3, -0.25) is 0 Å². The Balaban J connectivity index is 1.38. The van der Waals surface area contributed by atoms with Crippen molar-refractivity contribution in [1.29, 1.82) is 0 Å². The molecule has 2 fully saturated rings. The average molecular weight is 367 g/mol. The molecule has 0 bridgehead atoms. The normalized spacial score (nSPS) is 24.3. The first-order valence-electron chi connectivity index (χ1n) is 8.69. The zero-order chi connectivity index (χ0) is 18.0. The molecule has 2 atom stereocenters. The molecule has 0 radical (unpaired) electrons. The maximum atomic E-state index is 11.4. The minimum absolute atomic E-state index is 0.325. The van der Waals surface area contributed by atoms with Gasteiger partial charge in [0.05, 0.1) is 18.1 Å². The number of sulfone groups is 1. The Hall–Kier alpha value is -1.60. The Morgan fingerprint density at radius 2 is 1.88 bits per heavy atom. The predicted octanol–water partition coefficient (Wildman–Crippen LogP) is 2.63. The van der Waals surface area contributed by atoms with Crippen LogP contribution in [0.1, 0.15) is 24.8 Å². The monoisotopic (exact) mass is 367 g/mol. The molecule has 7 heteroatoms. The van der Waals surface area contributed by atoms with Gasteiger partial charge in [0.25, 0.3) is 0 Å². The van der Waals surface area contributed by atoms with Gasteiger partial charge in [0.15, 0.2) is 9.84 Å². The molecule has 0 unspecified atom stereocenters. The molecule has 1 amide bonds. The first-order valence-corrected chi connectivity index (χ1v) is 10.6. The maximum absolute atomic E-state index is 11.4. The van der Waals surface area contributed by atoms with Gasteiger partial charge in [0.1, 0.15) is 0 Å². The molecule has 6 nitrogen and oxygen atoms in total. The van der Waals surface area contributed by atoms with Crippen molar-refractivity contribution in [1.82, 2.24) is 4.90 Å². The van der Waals surface area contributed by atoms with Crippen molar-refractivity contribution in [3.8, 4) is 0 Å². The number of carbonyl (C=O) groups is 1. The molecule has 138 valence electrons. The van der Waals surface area contributed by atoms with Crippen LogP contribution >= 0.6 is 0 Å². The van der Waals surface area contributed by atoms with Crippen molar-refractivity contribution in [3.63, 3.8) is 0 Å². The van der Waals surface area contributed by atoms with Gasteiger partial charge in [-0.2, -0.15) is 0 Å². The molecular weight excluding hydrogens is 342 g/mol. The minimum Gasteiger partial charge on any atom is -0.465 e. The Kier molecular flexibility index (Phi) is 5.34. The fourth-order valence-electron chi connectivity index (χ4n) is 3.72. The fourth-order valence-corrected chi connectivity index (χ4v) is 4.35. The molecule has 1 aromatic rings. The molecule has 25 heavy (non-hydrogen) atoms. The topological polar surface area (TPSA) is 83.9 Å². The Bertz CT molecular complexity index is 707. The molecule has 3 rings (SSSR count). The first kappa shape index (κ1) is 18.2. The molecule has 1 saturated carbocycles. The summed E-state index contributed by atoms with van der Waals surface area (Å²) in [5, 5.41) is 8.99. The summed E-state index contributed by atoms with van der Waals surface area (Å²) in [5.74, 6) is 1.87. The van der Waals surface area contributed by atoms with E-state index in [1.165, 1.54) is 17.6 Å². The second-order valence-electron chi connectivity index (χ2n) is 7.20. The second-order valence-corrected chi connectivity index (χ2v) is 9.21. The zero-order valence-corrected chi connectivity index (χ0v) is 15.2. The first-order chi connectivity index (χ1) is 11.8. The highest BCUT2D eigenvalue weighted by Gasteiger charge is 2.43. The number of ether oxygens (including phenoxy) is 1. The summed E-state index contributed by atoms with van der Waals surface area (Å²) in [6.45, 7) is 2.51. The van der Waals surface area contributed by atoms with Crippen molar-refractivity contribution in [2.24, 2.45) is 17.8 Å². The molecule has 1 saturated heterocycles. The molecule has 1 aliphatic carbocycles. The van der Waals surface area contributed by atoms with Crippen LogP contribution in [-0.4, -0.2) is 50.5 Å². The largest absolute Gasteiger partial charge is 0.465 e. The third-order valence-corrected chi connectivity index (χ3v) is 6.47. The number of benzene rings is 1. The van der Waals surface area contributed by atoms with Crippen LogP contribution in [0.15, 0.2) is 29.2 Å². The number of rotatable bonds is 6. The van der Waals surface area contributed by atoms with Crippen molar-refractivity contribution in [2.45, 2.75) is 30.8 Å². The summed E-state index contributed by atoms with van der Waals surface area (Å²) in [4.78, 5) is 12.8. The molecular formula is C18H25NO5S. The molecule has 1 aromatic carbocycles. The van der Waals surface area contributed by atoms with E-state index in [-0.39, 0.29) is 0 Å². The highest BCUT2D eigenvalue weighted by molar-refractivity contribution is 7.90. The Morgan fingerprint density at radius 3 is 2.44 bits per heavy atom. The number of carboxylic acid groups (broad SMARTS) is 1. The minimum atomic E-state index is -3.15. The summed E-state index contributed by atoms with van der Waals surface area (Å²) >= 11 is 0. The van der Waals surface area contributed by atoms with Gasteiger partial charge in [-0.1, -0.05) is 12.1 Å². The number of piperidine rings is 1. The van der Waals surface area contributed by atoms with Crippen molar-refractivity contribution in [2.75, 3.05) is 26.0 Å². The van der Waals surface area contributed by atoms with Crippen LogP contribution in [0.3, 0.4) is 0 Å². The van der Waals surface area contributed by atoms with Gasteiger partial charge in [-0.25, -0.2) is 13.2 Å². The Morgan fingerprint density at radius 1 is 1.24 bits per heavy atom. The lowest BCUT2D eigenvalue weighted by Crippen LogP contribution is -2.38. The van der Waals surface area contributed by atoms with E-state index < -0.39 is 15.9 Å².